The first-order valence-corrected chi connectivity index (χ1v) is 7.67. The number of nitrogens with zero attached hydrogens (tertiary/aromatic N) is 1. The molecule has 0 amide bonds. The zero-order valence-corrected chi connectivity index (χ0v) is 11.8. The maximum absolute atomic E-state index is 6.05. The molecular weight excluding hydrogens is 228 g/mol. The second-order valence-electron chi connectivity index (χ2n) is 5.94. The summed E-state index contributed by atoms with van der Waals surface area (Å²) in [5.74, 6) is 1.73. The Balaban J connectivity index is 1.98. The first-order chi connectivity index (χ1) is 8.15. The normalized spacial score (nSPS) is 29.8. The SMILES string of the molecule is CC(C)C1CCC(CN)(Cc2cscn2)CC1. The molecule has 0 aliphatic heterocycles. The molecule has 1 aliphatic rings. The van der Waals surface area contributed by atoms with Gasteiger partial charge in [-0.2, -0.15) is 0 Å². The van der Waals surface area contributed by atoms with E-state index in [1.807, 2.05) is 5.51 Å². The molecule has 0 bridgehead atoms. The summed E-state index contributed by atoms with van der Waals surface area (Å²) in [5, 5.41) is 2.17. The van der Waals surface area contributed by atoms with Crippen LogP contribution in [0.3, 0.4) is 0 Å². The van der Waals surface area contributed by atoms with E-state index in [4.69, 9.17) is 5.73 Å². The Morgan fingerprint density at radius 2 is 2.18 bits per heavy atom. The Hall–Kier alpha value is -0.410. The van der Waals surface area contributed by atoms with Gasteiger partial charge in [-0.15, -0.1) is 11.3 Å². The quantitative estimate of drug-likeness (QED) is 0.891. The van der Waals surface area contributed by atoms with Gasteiger partial charge in [0.05, 0.1) is 11.2 Å². The van der Waals surface area contributed by atoms with Crippen LogP contribution in [0.25, 0.3) is 0 Å². The van der Waals surface area contributed by atoms with Crippen LogP contribution in [-0.4, -0.2) is 11.5 Å². The molecule has 0 unspecified atom stereocenters. The van der Waals surface area contributed by atoms with Crippen LogP contribution in [0.4, 0.5) is 0 Å². The summed E-state index contributed by atoms with van der Waals surface area (Å²) < 4.78 is 0. The van der Waals surface area contributed by atoms with Crippen molar-refractivity contribution in [1.29, 1.82) is 0 Å². The molecule has 0 aromatic carbocycles. The fourth-order valence-electron chi connectivity index (χ4n) is 3.08. The first kappa shape index (κ1) is 13.0. The van der Waals surface area contributed by atoms with Crippen LogP contribution in [-0.2, 0) is 6.42 Å². The summed E-state index contributed by atoms with van der Waals surface area (Å²) >= 11 is 1.69. The Morgan fingerprint density at radius 3 is 2.65 bits per heavy atom. The lowest BCUT2D eigenvalue weighted by molar-refractivity contribution is 0.131. The average Bonchev–Trinajstić information content (AvgIpc) is 2.82. The summed E-state index contributed by atoms with van der Waals surface area (Å²) in [6.07, 6.45) is 6.34. The van der Waals surface area contributed by atoms with E-state index in [2.05, 4.69) is 24.2 Å². The molecule has 2 nitrogen and oxygen atoms in total. The summed E-state index contributed by atoms with van der Waals surface area (Å²) in [6.45, 7) is 5.51. The highest BCUT2D eigenvalue weighted by Gasteiger charge is 2.35. The number of thiazole rings is 1. The summed E-state index contributed by atoms with van der Waals surface area (Å²) in [6, 6.07) is 0. The van der Waals surface area contributed by atoms with Crippen molar-refractivity contribution in [3.05, 3.63) is 16.6 Å². The van der Waals surface area contributed by atoms with E-state index in [1.165, 1.54) is 31.4 Å². The van der Waals surface area contributed by atoms with Crippen molar-refractivity contribution < 1.29 is 0 Å². The van der Waals surface area contributed by atoms with Gasteiger partial charge in [0.1, 0.15) is 0 Å². The van der Waals surface area contributed by atoms with Gasteiger partial charge in [-0.25, -0.2) is 4.98 Å². The smallest absolute Gasteiger partial charge is 0.0794 e. The van der Waals surface area contributed by atoms with Gasteiger partial charge in [-0.05, 0) is 55.9 Å². The molecule has 3 heteroatoms. The largest absolute Gasteiger partial charge is 0.330 e. The van der Waals surface area contributed by atoms with Crippen LogP contribution in [0.15, 0.2) is 10.9 Å². The monoisotopic (exact) mass is 252 g/mol. The molecular formula is C14H24N2S. The van der Waals surface area contributed by atoms with Crippen molar-refractivity contribution in [3.8, 4) is 0 Å². The van der Waals surface area contributed by atoms with Crippen molar-refractivity contribution in [2.75, 3.05) is 6.54 Å². The van der Waals surface area contributed by atoms with Crippen molar-refractivity contribution >= 4 is 11.3 Å². The maximum Gasteiger partial charge on any atom is 0.0794 e. The molecule has 1 aliphatic carbocycles. The van der Waals surface area contributed by atoms with E-state index in [1.54, 1.807) is 11.3 Å². The molecule has 1 fully saturated rings. The number of hydrogen-bond acceptors (Lipinski definition) is 3. The van der Waals surface area contributed by atoms with Crippen LogP contribution in [0.1, 0.15) is 45.2 Å². The first-order valence-electron chi connectivity index (χ1n) is 6.72. The van der Waals surface area contributed by atoms with Gasteiger partial charge in [0.25, 0.3) is 0 Å². The molecule has 96 valence electrons. The zero-order chi connectivity index (χ0) is 12.3. The van der Waals surface area contributed by atoms with Crippen LogP contribution in [0, 0.1) is 17.3 Å². The fourth-order valence-corrected chi connectivity index (χ4v) is 3.64. The second-order valence-corrected chi connectivity index (χ2v) is 6.66. The van der Waals surface area contributed by atoms with Crippen molar-refractivity contribution in [2.45, 2.75) is 46.0 Å². The highest BCUT2D eigenvalue weighted by molar-refractivity contribution is 7.07. The minimum absolute atomic E-state index is 0.333. The van der Waals surface area contributed by atoms with Gasteiger partial charge < -0.3 is 5.73 Å². The molecule has 0 saturated heterocycles. The Bertz CT molecular complexity index is 324. The van der Waals surface area contributed by atoms with Gasteiger partial charge in [0, 0.05) is 5.38 Å². The number of aromatic nitrogens is 1. The predicted octanol–water partition coefficient (Wildman–Crippen LogP) is 3.48. The van der Waals surface area contributed by atoms with Crippen molar-refractivity contribution in [1.82, 2.24) is 4.98 Å². The lowest BCUT2D eigenvalue weighted by Crippen LogP contribution is -2.37. The van der Waals surface area contributed by atoms with Gasteiger partial charge in [-0.3, -0.25) is 0 Å². The van der Waals surface area contributed by atoms with Gasteiger partial charge in [-0.1, -0.05) is 13.8 Å². The van der Waals surface area contributed by atoms with Crippen LogP contribution >= 0.6 is 11.3 Å². The Kier molecular flexibility index (Phi) is 4.21. The summed E-state index contributed by atoms with van der Waals surface area (Å²) in [4.78, 5) is 4.42. The second kappa shape index (κ2) is 5.49. The third-order valence-corrected chi connectivity index (χ3v) is 5.14. The van der Waals surface area contributed by atoms with Crippen LogP contribution in [0.2, 0.25) is 0 Å². The third-order valence-electron chi connectivity index (χ3n) is 4.51. The third kappa shape index (κ3) is 3.08. The van der Waals surface area contributed by atoms with E-state index >= 15 is 0 Å². The van der Waals surface area contributed by atoms with Gasteiger partial charge >= 0.3 is 0 Å². The van der Waals surface area contributed by atoms with E-state index in [9.17, 15) is 0 Å². The van der Waals surface area contributed by atoms with E-state index in [0.29, 0.717) is 5.41 Å². The molecule has 1 aromatic rings. The minimum atomic E-state index is 0.333. The van der Waals surface area contributed by atoms with E-state index in [0.717, 1.165) is 24.8 Å². The Labute approximate surface area is 109 Å². The zero-order valence-electron chi connectivity index (χ0n) is 11.0. The number of nitrogens with two attached hydrogens (primary N) is 1. The molecule has 2 N–H and O–H groups in total. The molecule has 0 radical (unpaired) electrons. The summed E-state index contributed by atoms with van der Waals surface area (Å²) in [5.41, 5.74) is 9.55. The molecule has 1 saturated carbocycles. The topological polar surface area (TPSA) is 38.9 Å². The van der Waals surface area contributed by atoms with E-state index in [-0.39, 0.29) is 0 Å². The molecule has 2 rings (SSSR count). The standard InChI is InChI=1S/C14H24N2S/c1-11(2)12-3-5-14(9-15,6-4-12)7-13-8-17-10-16-13/h8,10-12H,3-7,9,15H2,1-2H3. The lowest BCUT2D eigenvalue weighted by Gasteiger charge is -2.40. The van der Waals surface area contributed by atoms with Crippen molar-refractivity contribution in [2.24, 2.45) is 23.0 Å². The number of rotatable bonds is 4. The van der Waals surface area contributed by atoms with Crippen molar-refractivity contribution in [3.63, 3.8) is 0 Å². The lowest BCUT2D eigenvalue weighted by atomic mass is 9.66. The molecule has 0 spiro atoms. The van der Waals surface area contributed by atoms with Gasteiger partial charge in [0.15, 0.2) is 0 Å². The summed E-state index contributed by atoms with van der Waals surface area (Å²) in [7, 11) is 0. The maximum atomic E-state index is 6.05. The van der Waals surface area contributed by atoms with Crippen LogP contribution in [0.5, 0.6) is 0 Å². The minimum Gasteiger partial charge on any atom is -0.330 e. The van der Waals surface area contributed by atoms with E-state index < -0.39 is 0 Å². The molecule has 17 heavy (non-hydrogen) atoms. The molecule has 1 heterocycles. The molecule has 0 atom stereocenters. The fraction of sp³-hybridized carbons (Fsp3) is 0.786. The predicted molar refractivity (Wildman–Crippen MR) is 74.1 cm³/mol. The highest BCUT2D eigenvalue weighted by Crippen LogP contribution is 2.42. The van der Waals surface area contributed by atoms with Crippen LogP contribution < -0.4 is 5.73 Å². The van der Waals surface area contributed by atoms with Gasteiger partial charge in [0.2, 0.25) is 0 Å². The number of hydrogen-bond donors (Lipinski definition) is 1. The average molecular weight is 252 g/mol. The molecule has 1 aromatic heterocycles. The Morgan fingerprint density at radius 1 is 1.47 bits per heavy atom. The highest BCUT2D eigenvalue weighted by atomic mass is 32.1.